The van der Waals surface area contributed by atoms with Crippen LogP contribution in [0.25, 0.3) is 0 Å². The standard InChI is InChI=1S/C16H24N2O2S/c1-3-16(20,4-2)12-21-14-8-7-13(11-17-14)15(19)18-9-5-6-10-18/h7-8,11,20H,3-6,9-10,12H2,1-2H3. The number of hydrogen-bond acceptors (Lipinski definition) is 4. The van der Waals surface area contributed by atoms with E-state index in [-0.39, 0.29) is 5.91 Å². The van der Waals surface area contributed by atoms with Crippen LogP contribution in [0.2, 0.25) is 0 Å². The Bertz CT molecular complexity index is 466. The fourth-order valence-electron chi connectivity index (χ4n) is 2.36. The fourth-order valence-corrected chi connectivity index (χ4v) is 3.47. The highest BCUT2D eigenvalue weighted by molar-refractivity contribution is 7.99. The molecule has 0 bridgehead atoms. The molecular weight excluding hydrogens is 284 g/mol. The van der Waals surface area contributed by atoms with E-state index in [9.17, 15) is 9.90 Å². The first-order valence-corrected chi connectivity index (χ1v) is 8.67. The molecular formula is C16H24N2O2S. The van der Waals surface area contributed by atoms with Crippen LogP contribution in [0.15, 0.2) is 23.4 Å². The van der Waals surface area contributed by atoms with Crippen molar-refractivity contribution in [1.29, 1.82) is 0 Å². The average molecular weight is 308 g/mol. The van der Waals surface area contributed by atoms with Gasteiger partial charge in [0.25, 0.3) is 5.91 Å². The van der Waals surface area contributed by atoms with Crippen LogP contribution in [-0.2, 0) is 0 Å². The first kappa shape index (κ1) is 16.3. The molecule has 5 heteroatoms. The summed E-state index contributed by atoms with van der Waals surface area (Å²) in [6.07, 6.45) is 5.32. The summed E-state index contributed by atoms with van der Waals surface area (Å²) in [7, 11) is 0. The molecule has 21 heavy (non-hydrogen) atoms. The van der Waals surface area contributed by atoms with Crippen molar-refractivity contribution in [2.24, 2.45) is 0 Å². The van der Waals surface area contributed by atoms with Gasteiger partial charge in [0.1, 0.15) is 0 Å². The van der Waals surface area contributed by atoms with E-state index in [1.54, 1.807) is 18.0 Å². The summed E-state index contributed by atoms with van der Waals surface area (Å²) < 4.78 is 0. The Labute approximate surface area is 130 Å². The van der Waals surface area contributed by atoms with Crippen LogP contribution in [0, 0.1) is 0 Å². The molecule has 0 radical (unpaired) electrons. The molecule has 1 amide bonds. The van der Waals surface area contributed by atoms with Crippen molar-refractivity contribution in [3.63, 3.8) is 0 Å². The lowest BCUT2D eigenvalue weighted by atomic mass is 10.0. The van der Waals surface area contributed by atoms with Crippen molar-refractivity contribution in [2.75, 3.05) is 18.8 Å². The van der Waals surface area contributed by atoms with Crippen molar-refractivity contribution in [3.8, 4) is 0 Å². The molecule has 0 aliphatic carbocycles. The van der Waals surface area contributed by atoms with Gasteiger partial charge in [0.15, 0.2) is 0 Å². The number of carbonyl (C=O) groups excluding carboxylic acids is 1. The van der Waals surface area contributed by atoms with Gasteiger partial charge in [-0.1, -0.05) is 13.8 Å². The predicted molar refractivity (Wildman–Crippen MR) is 85.6 cm³/mol. The molecule has 4 nitrogen and oxygen atoms in total. The van der Waals surface area contributed by atoms with Crippen LogP contribution in [0.5, 0.6) is 0 Å². The highest BCUT2D eigenvalue weighted by Crippen LogP contribution is 2.25. The molecule has 2 heterocycles. The van der Waals surface area contributed by atoms with Crippen LogP contribution in [0.3, 0.4) is 0 Å². The van der Waals surface area contributed by atoms with Crippen LogP contribution in [0.4, 0.5) is 0 Å². The van der Waals surface area contributed by atoms with Gasteiger partial charge in [0.2, 0.25) is 0 Å². The monoisotopic (exact) mass is 308 g/mol. The van der Waals surface area contributed by atoms with Crippen molar-refractivity contribution < 1.29 is 9.90 Å². The molecule has 1 aliphatic heterocycles. The van der Waals surface area contributed by atoms with Crippen LogP contribution in [0.1, 0.15) is 49.9 Å². The van der Waals surface area contributed by atoms with E-state index in [0.717, 1.165) is 43.8 Å². The van der Waals surface area contributed by atoms with E-state index >= 15 is 0 Å². The smallest absolute Gasteiger partial charge is 0.255 e. The topological polar surface area (TPSA) is 53.4 Å². The van der Waals surface area contributed by atoms with Gasteiger partial charge in [-0.15, -0.1) is 11.8 Å². The minimum Gasteiger partial charge on any atom is -0.389 e. The Morgan fingerprint density at radius 1 is 1.33 bits per heavy atom. The molecule has 1 aromatic rings. The third-order valence-electron chi connectivity index (χ3n) is 4.18. The van der Waals surface area contributed by atoms with Crippen LogP contribution in [-0.4, -0.2) is 45.3 Å². The van der Waals surface area contributed by atoms with E-state index in [4.69, 9.17) is 0 Å². The SMILES string of the molecule is CCC(O)(CC)CSc1ccc(C(=O)N2CCCC2)cn1. The maximum Gasteiger partial charge on any atom is 0.255 e. The van der Waals surface area contributed by atoms with E-state index < -0.39 is 5.60 Å². The number of aliphatic hydroxyl groups is 1. The molecule has 1 saturated heterocycles. The summed E-state index contributed by atoms with van der Waals surface area (Å²) in [5.74, 6) is 0.710. The second-order valence-electron chi connectivity index (χ2n) is 5.60. The number of pyridine rings is 1. The Hall–Kier alpha value is -1.07. The van der Waals surface area contributed by atoms with Crippen LogP contribution < -0.4 is 0 Å². The highest BCUT2D eigenvalue weighted by Gasteiger charge is 2.23. The molecule has 116 valence electrons. The maximum absolute atomic E-state index is 12.2. The summed E-state index contributed by atoms with van der Waals surface area (Å²) in [6.45, 7) is 5.70. The van der Waals surface area contributed by atoms with Gasteiger partial charge in [0, 0.05) is 25.0 Å². The summed E-state index contributed by atoms with van der Waals surface area (Å²) in [5.41, 5.74) is 0.0265. The van der Waals surface area contributed by atoms with Gasteiger partial charge in [-0.2, -0.15) is 0 Å². The molecule has 1 aromatic heterocycles. The quantitative estimate of drug-likeness (QED) is 0.821. The Morgan fingerprint density at radius 2 is 2.00 bits per heavy atom. The second kappa shape index (κ2) is 7.27. The molecule has 0 saturated carbocycles. The zero-order chi connectivity index (χ0) is 15.3. The fraction of sp³-hybridized carbons (Fsp3) is 0.625. The normalized spacial score (nSPS) is 15.5. The van der Waals surface area contributed by atoms with Gasteiger partial charge in [0.05, 0.1) is 16.2 Å². The third kappa shape index (κ3) is 4.20. The summed E-state index contributed by atoms with van der Waals surface area (Å²) in [5, 5.41) is 11.1. The number of rotatable bonds is 6. The van der Waals surface area contributed by atoms with Crippen molar-refractivity contribution in [3.05, 3.63) is 23.9 Å². The molecule has 0 aromatic carbocycles. The van der Waals surface area contributed by atoms with Gasteiger partial charge in [-0.3, -0.25) is 4.79 Å². The number of likely N-dealkylation sites (tertiary alicyclic amines) is 1. The van der Waals surface area contributed by atoms with Crippen molar-refractivity contribution in [2.45, 2.75) is 50.2 Å². The summed E-state index contributed by atoms with van der Waals surface area (Å²) in [6, 6.07) is 3.71. The maximum atomic E-state index is 12.2. The van der Waals surface area contributed by atoms with Crippen molar-refractivity contribution in [1.82, 2.24) is 9.88 Å². The predicted octanol–water partition coefficient (Wildman–Crippen LogP) is 2.96. The molecule has 0 spiro atoms. The average Bonchev–Trinajstić information content (AvgIpc) is 3.07. The number of carbonyl (C=O) groups is 1. The van der Waals surface area contributed by atoms with E-state index in [2.05, 4.69) is 4.98 Å². The lowest BCUT2D eigenvalue weighted by molar-refractivity contribution is 0.0571. The molecule has 0 unspecified atom stereocenters. The van der Waals surface area contributed by atoms with E-state index in [0.29, 0.717) is 11.3 Å². The number of aromatic nitrogens is 1. The van der Waals surface area contributed by atoms with E-state index in [1.165, 1.54) is 0 Å². The molecule has 0 atom stereocenters. The van der Waals surface area contributed by atoms with Crippen LogP contribution >= 0.6 is 11.8 Å². The first-order chi connectivity index (χ1) is 10.1. The first-order valence-electron chi connectivity index (χ1n) is 7.68. The zero-order valence-corrected chi connectivity index (χ0v) is 13.7. The third-order valence-corrected chi connectivity index (χ3v) is 5.40. The summed E-state index contributed by atoms with van der Waals surface area (Å²) in [4.78, 5) is 18.4. The molecule has 1 fully saturated rings. The van der Waals surface area contributed by atoms with Gasteiger partial charge < -0.3 is 10.0 Å². The number of thioether (sulfide) groups is 1. The minimum atomic E-state index is -0.629. The molecule has 2 rings (SSSR count). The number of nitrogens with zero attached hydrogens (tertiary/aromatic N) is 2. The van der Waals surface area contributed by atoms with Gasteiger partial charge >= 0.3 is 0 Å². The lowest BCUT2D eigenvalue weighted by Crippen LogP contribution is -2.29. The minimum absolute atomic E-state index is 0.0789. The number of hydrogen-bond donors (Lipinski definition) is 1. The highest BCUT2D eigenvalue weighted by atomic mass is 32.2. The van der Waals surface area contributed by atoms with Gasteiger partial charge in [-0.25, -0.2) is 4.98 Å². The van der Waals surface area contributed by atoms with E-state index in [1.807, 2.05) is 30.9 Å². The Balaban J connectivity index is 1.94. The van der Waals surface area contributed by atoms with Gasteiger partial charge in [-0.05, 0) is 37.8 Å². The largest absolute Gasteiger partial charge is 0.389 e. The lowest BCUT2D eigenvalue weighted by Gasteiger charge is -2.24. The van der Waals surface area contributed by atoms with Crippen molar-refractivity contribution >= 4 is 17.7 Å². The Kier molecular flexibility index (Phi) is 5.65. The number of amides is 1. The summed E-state index contributed by atoms with van der Waals surface area (Å²) >= 11 is 1.54. The Morgan fingerprint density at radius 3 is 2.52 bits per heavy atom. The zero-order valence-electron chi connectivity index (χ0n) is 12.8. The second-order valence-corrected chi connectivity index (χ2v) is 6.60. The molecule has 1 N–H and O–H groups in total. The molecule has 1 aliphatic rings.